The fourth-order valence-electron chi connectivity index (χ4n) is 2.05. The molecule has 1 aromatic carbocycles. The first-order chi connectivity index (χ1) is 8.40. The predicted octanol–water partition coefficient (Wildman–Crippen LogP) is 1.06. The van der Waals surface area contributed by atoms with Crippen LogP contribution in [-0.4, -0.2) is 31.0 Å². The van der Waals surface area contributed by atoms with Crippen molar-refractivity contribution < 1.29 is 23.1 Å². The minimum absolute atomic E-state index is 0.127. The Morgan fingerprint density at radius 3 is 2.67 bits per heavy atom. The van der Waals surface area contributed by atoms with Gasteiger partial charge < -0.3 is 5.11 Å². The molecule has 0 radical (unpaired) electrons. The highest BCUT2D eigenvalue weighted by Gasteiger charge is 2.24. The Morgan fingerprint density at radius 2 is 2.00 bits per heavy atom. The Labute approximate surface area is 104 Å². The summed E-state index contributed by atoms with van der Waals surface area (Å²) in [5.74, 6) is -1.57. The van der Waals surface area contributed by atoms with Gasteiger partial charge in [0.1, 0.15) is 6.42 Å². The van der Waals surface area contributed by atoms with Crippen molar-refractivity contribution in [3.63, 3.8) is 0 Å². The summed E-state index contributed by atoms with van der Waals surface area (Å²) >= 11 is 0. The van der Waals surface area contributed by atoms with Crippen molar-refractivity contribution in [2.45, 2.75) is 24.2 Å². The average molecular weight is 268 g/mol. The average Bonchev–Trinajstić information content (AvgIpc) is 2.27. The van der Waals surface area contributed by atoms with E-state index in [0.717, 1.165) is 0 Å². The van der Waals surface area contributed by atoms with Crippen molar-refractivity contribution >= 4 is 21.6 Å². The number of hydrogen-bond donors (Lipinski definition) is 1. The largest absolute Gasteiger partial charge is 0.481 e. The lowest BCUT2D eigenvalue weighted by atomic mass is 10.0. The minimum atomic E-state index is -3.24. The number of carbonyl (C=O) groups is 2. The summed E-state index contributed by atoms with van der Waals surface area (Å²) in [6, 6.07) is 4.28. The van der Waals surface area contributed by atoms with Gasteiger partial charge in [0, 0.05) is 5.56 Å². The Hall–Kier alpha value is -1.69. The number of carboxylic acids is 1. The molecule has 0 atom stereocenters. The second kappa shape index (κ2) is 4.53. The first kappa shape index (κ1) is 12.8. The third-order valence-corrected chi connectivity index (χ3v) is 4.78. The van der Waals surface area contributed by atoms with E-state index in [1.54, 1.807) is 0 Å². The van der Waals surface area contributed by atoms with Crippen LogP contribution in [0.3, 0.4) is 0 Å². The molecule has 18 heavy (non-hydrogen) atoms. The number of ketones is 1. The SMILES string of the molecule is O=C(O)CC(=O)c1ccc2c(c1)CCCS2(=O)=O. The summed E-state index contributed by atoms with van der Waals surface area (Å²) < 4.78 is 23.5. The molecule has 0 fully saturated rings. The molecule has 6 heteroatoms. The van der Waals surface area contributed by atoms with Crippen LogP contribution in [0.4, 0.5) is 0 Å². The highest BCUT2D eigenvalue weighted by molar-refractivity contribution is 7.91. The van der Waals surface area contributed by atoms with Gasteiger partial charge in [0.2, 0.25) is 0 Å². The second-order valence-corrected chi connectivity index (χ2v) is 6.32. The van der Waals surface area contributed by atoms with Crippen LogP contribution in [0.2, 0.25) is 0 Å². The van der Waals surface area contributed by atoms with Gasteiger partial charge in [0.05, 0.1) is 10.6 Å². The Morgan fingerprint density at radius 1 is 1.28 bits per heavy atom. The molecular formula is C12H12O5S. The summed E-state index contributed by atoms with van der Waals surface area (Å²) in [6.07, 6.45) is 0.556. The lowest BCUT2D eigenvalue weighted by Gasteiger charge is -2.16. The number of aryl methyl sites for hydroxylation is 1. The van der Waals surface area contributed by atoms with E-state index in [2.05, 4.69) is 0 Å². The summed E-state index contributed by atoms with van der Waals surface area (Å²) in [6.45, 7) is 0. The maximum Gasteiger partial charge on any atom is 0.311 e. The molecule has 96 valence electrons. The molecular weight excluding hydrogens is 256 g/mol. The highest BCUT2D eigenvalue weighted by Crippen LogP contribution is 2.26. The van der Waals surface area contributed by atoms with E-state index in [1.165, 1.54) is 18.2 Å². The summed E-state index contributed by atoms with van der Waals surface area (Å²) in [4.78, 5) is 22.3. The maximum absolute atomic E-state index is 11.8. The van der Waals surface area contributed by atoms with Crippen LogP contribution in [0.25, 0.3) is 0 Å². The topological polar surface area (TPSA) is 88.5 Å². The monoisotopic (exact) mass is 268 g/mol. The molecule has 0 saturated carbocycles. The molecule has 0 unspecified atom stereocenters. The number of rotatable bonds is 3. The lowest BCUT2D eigenvalue weighted by Crippen LogP contribution is -2.17. The lowest BCUT2D eigenvalue weighted by molar-refractivity contribution is -0.135. The van der Waals surface area contributed by atoms with E-state index in [-0.39, 0.29) is 16.2 Å². The number of hydrogen-bond acceptors (Lipinski definition) is 4. The van der Waals surface area contributed by atoms with Gasteiger partial charge in [-0.15, -0.1) is 0 Å². The molecule has 0 spiro atoms. The van der Waals surface area contributed by atoms with E-state index >= 15 is 0 Å². The molecule has 1 heterocycles. The number of aliphatic carboxylic acids is 1. The third kappa shape index (κ3) is 2.43. The highest BCUT2D eigenvalue weighted by atomic mass is 32.2. The van der Waals surface area contributed by atoms with Crippen molar-refractivity contribution in [3.05, 3.63) is 29.3 Å². The molecule has 1 aromatic rings. The first-order valence-corrected chi connectivity index (χ1v) is 7.16. The molecule has 0 aromatic heterocycles. The van der Waals surface area contributed by atoms with Gasteiger partial charge in [-0.3, -0.25) is 9.59 Å². The van der Waals surface area contributed by atoms with Gasteiger partial charge in [-0.05, 0) is 30.5 Å². The molecule has 2 rings (SSSR count). The van der Waals surface area contributed by atoms with Gasteiger partial charge in [-0.25, -0.2) is 8.42 Å². The minimum Gasteiger partial charge on any atom is -0.481 e. The van der Waals surface area contributed by atoms with E-state index in [9.17, 15) is 18.0 Å². The summed E-state index contributed by atoms with van der Waals surface area (Å²) in [5, 5.41) is 8.55. The molecule has 0 saturated heterocycles. The van der Waals surface area contributed by atoms with Crippen LogP contribution in [0, 0.1) is 0 Å². The van der Waals surface area contributed by atoms with Crippen molar-refractivity contribution in [1.29, 1.82) is 0 Å². The second-order valence-electron chi connectivity index (χ2n) is 4.24. The molecule has 1 aliphatic heterocycles. The Bertz CT molecular complexity index is 615. The van der Waals surface area contributed by atoms with Crippen molar-refractivity contribution in [1.82, 2.24) is 0 Å². The van der Waals surface area contributed by atoms with E-state index in [4.69, 9.17) is 5.11 Å². The first-order valence-electron chi connectivity index (χ1n) is 5.51. The van der Waals surface area contributed by atoms with E-state index in [1.807, 2.05) is 0 Å². The fourth-order valence-corrected chi connectivity index (χ4v) is 3.63. The zero-order valence-corrected chi connectivity index (χ0v) is 10.4. The van der Waals surface area contributed by atoms with Crippen LogP contribution >= 0.6 is 0 Å². The van der Waals surface area contributed by atoms with Crippen LogP contribution in [0.1, 0.15) is 28.8 Å². The summed E-state index contributed by atoms with van der Waals surface area (Å²) in [7, 11) is -3.24. The maximum atomic E-state index is 11.8. The van der Waals surface area contributed by atoms with Gasteiger partial charge in [-0.2, -0.15) is 0 Å². The van der Waals surface area contributed by atoms with Crippen LogP contribution in [-0.2, 0) is 21.1 Å². The van der Waals surface area contributed by atoms with Gasteiger partial charge >= 0.3 is 5.97 Å². The number of benzene rings is 1. The number of fused-ring (bicyclic) bond motifs is 1. The van der Waals surface area contributed by atoms with Crippen LogP contribution in [0.15, 0.2) is 23.1 Å². The zero-order chi connectivity index (χ0) is 13.3. The Balaban J connectivity index is 2.39. The zero-order valence-electron chi connectivity index (χ0n) is 9.55. The van der Waals surface area contributed by atoms with Gasteiger partial charge in [0.25, 0.3) is 0 Å². The quantitative estimate of drug-likeness (QED) is 0.654. The normalized spacial score (nSPS) is 16.9. The van der Waals surface area contributed by atoms with Crippen molar-refractivity contribution in [2.75, 3.05) is 5.75 Å². The van der Waals surface area contributed by atoms with E-state index in [0.29, 0.717) is 18.4 Å². The standard InChI is InChI=1S/C12H12O5S/c13-10(7-12(14)15)8-3-4-11-9(6-8)2-1-5-18(11,16)17/h3-4,6H,1-2,5,7H2,(H,14,15). The number of sulfone groups is 1. The molecule has 0 aliphatic carbocycles. The molecule has 5 nitrogen and oxygen atoms in total. The smallest absolute Gasteiger partial charge is 0.311 e. The Kier molecular flexibility index (Phi) is 3.21. The molecule has 1 N–H and O–H groups in total. The fraction of sp³-hybridized carbons (Fsp3) is 0.333. The third-order valence-electron chi connectivity index (χ3n) is 2.89. The predicted molar refractivity (Wildman–Crippen MR) is 63.4 cm³/mol. The number of carbonyl (C=O) groups excluding carboxylic acids is 1. The molecule has 0 bridgehead atoms. The van der Waals surface area contributed by atoms with Gasteiger partial charge in [0.15, 0.2) is 15.6 Å². The number of carboxylic acid groups (broad SMARTS) is 1. The van der Waals surface area contributed by atoms with Crippen LogP contribution < -0.4 is 0 Å². The van der Waals surface area contributed by atoms with Crippen LogP contribution in [0.5, 0.6) is 0 Å². The van der Waals surface area contributed by atoms with Gasteiger partial charge in [-0.1, -0.05) is 6.07 Å². The van der Waals surface area contributed by atoms with Crippen molar-refractivity contribution in [2.24, 2.45) is 0 Å². The molecule has 0 amide bonds. The number of Topliss-reactive ketones (excluding diaryl/α,β-unsaturated/α-hetero) is 1. The molecule has 1 aliphatic rings. The summed E-state index contributed by atoms with van der Waals surface area (Å²) in [5.41, 5.74) is 0.866. The van der Waals surface area contributed by atoms with Crippen molar-refractivity contribution in [3.8, 4) is 0 Å². The van der Waals surface area contributed by atoms with E-state index < -0.39 is 28.0 Å².